The molecule has 0 fully saturated rings. The largest absolute Gasteiger partial charge is 0.350 e. The molecule has 3 nitrogen and oxygen atoms in total. The minimum Gasteiger partial charge on any atom is -0.350 e. The first kappa shape index (κ1) is 13.5. The van der Waals surface area contributed by atoms with Crippen molar-refractivity contribution in [3.05, 3.63) is 16.6 Å². The van der Waals surface area contributed by atoms with E-state index < -0.39 is 0 Å². The molecular formula is C11H17ClN2OS. The molecule has 0 aliphatic rings. The summed E-state index contributed by atoms with van der Waals surface area (Å²) in [5.41, 5.74) is 2.24. The molecule has 0 aliphatic heterocycles. The van der Waals surface area contributed by atoms with E-state index in [-0.39, 0.29) is 11.3 Å². The number of aromatic nitrogens is 1. The molecule has 0 saturated heterocycles. The Labute approximate surface area is 105 Å². The molecule has 0 aromatic carbocycles. The van der Waals surface area contributed by atoms with Gasteiger partial charge in [-0.1, -0.05) is 13.8 Å². The van der Waals surface area contributed by atoms with E-state index in [2.05, 4.69) is 24.1 Å². The topological polar surface area (TPSA) is 42.0 Å². The highest BCUT2D eigenvalue weighted by molar-refractivity contribution is 7.07. The van der Waals surface area contributed by atoms with Gasteiger partial charge in [0.15, 0.2) is 0 Å². The van der Waals surface area contributed by atoms with Crippen LogP contribution >= 0.6 is 22.9 Å². The molecule has 0 unspecified atom stereocenters. The number of rotatable bonds is 6. The van der Waals surface area contributed by atoms with Crippen LogP contribution in [0.3, 0.4) is 0 Å². The van der Waals surface area contributed by atoms with E-state index in [1.165, 1.54) is 11.3 Å². The molecular weight excluding hydrogens is 244 g/mol. The number of amides is 1. The first-order valence-electron chi connectivity index (χ1n) is 5.27. The SMILES string of the molecule is CC(C)(CCCCl)CNC(=O)c1cscn1. The lowest BCUT2D eigenvalue weighted by atomic mass is 9.88. The summed E-state index contributed by atoms with van der Waals surface area (Å²) in [6.07, 6.45) is 1.98. The van der Waals surface area contributed by atoms with E-state index in [0.717, 1.165) is 12.8 Å². The predicted molar refractivity (Wildman–Crippen MR) is 68.2 cm³/mol. The third kappa shape index (κ3) is 4.49. The van der Waals surface area contributed by atoms with E-state index in [9.17, 15) is 4.79 Å². The zero-order valence-electron chi connectivity index (χ0n) is 9.62. The number of thiazole rings is 1. The molecule has 0 aliphatic carbocycles. The van der Waals surface area contributed by atoms with Crippen LogP contribution in [0, 0.1) is 5.41 Å². The van der Waals surface area contributed by atoms with Crippen LogP contribution in [0.5, 0.6) is 0 Å². The third-order valence-electron chi connectivity index (χ3n) is 2.38. The highest BCUT2D eigenvalue weighted by Gasteiger charge is 2.19. The average Bonchev–Trinajstić information content (AvgIpc) is 2.77. The quantitative estimate of drug-likeness (QED) is 0.799. The van der Waals surface area contributed by atoms with Gasteiger partial charge in [-0.05, 0) is 18.3 Å². The highest BCUT2D eigenvalue weighted by atomic mass is 35.5. The smallest absolute Gasteiger partial charge is 0.270 e. The van der Waals surface area contributed by atoms with Gasteiger partial charge in [0, 0.05) is 17.8 Å². The van der Waals surface area contributed by atoms with Crippen molar-refractivity contribution in [3.8, 4) is 0 Å². The maximum absolute atomic E-state index is 11.6. The Bertz CT molecular complexity index is 325. The van der Waals surface area contributed by atoms with E-state index in [0.29, 0.717) is 18.1 Å². The summed E-state index contributed by atoms with van der Waals surface area (Å²) in [5, 5.41) is 4.65. The van der Waals surface area contributed by atoms with Crippen molar-refractivity contribution in [1.29, 1.82) is 0 Å². The fourth-order valence-electron chi connectivity index (χ4n) is 1.37. The molecule has 1 aromatic heterocycles. The number of hydrogen-bond donors (Lipinski definition) is 1. The summed E-state index contributed by atoms with van der Waals surface area (Å²) in [6.45, 7) is 4.90. The van der Waals surface area contributed by atoms with Crippen molar-refractivity contribution < 1.29 is 4.79 Å². The van der Waals surface area contributed by atoms with Gasteiger partial charge in [0.2, 0.25) is 0 Å². The van der Waals surface area contributed by atoms with Crippen LogP contribution in [-0.2, 0) is 0 Å². The first-order valence-corrected chi connectivity index (χ1v) is 6.75. The summed E-state index contributed by atoms with van der Waals surface area (Å²) in [7, 11) is 0. The molecule has 90 valence electrons. The van der Waals surface area contributed by atoms with E-state index in [4.69, 9.17) is 11.6 Å². The van der Waals surface area contributed by atoms with Crippen LogP contribution in [0.2, 0.25) is 0 Å². The van der Waals surface area contributed by atoms with Gasteiger partial charge in [-0.2, -0.15) is 0 Å². The summed E-state index contributed by atoms with van der Waals surface area (Å²) in [5.74, 6) is 0.573. The van der Waals surface area contributed by atoms with Crippen LogP contribution in [0.15, 0.2) is 10.9 Å². The second-order valence-electron chi connectivity index (χ2n) is 4.51. The summed E-state index contributed by atoms with van der Waals surface area (Å²) in [6, 6.07) is 0. The van der Waals surface area contributed by atoms with Crippen LogP contribution in [0.4, 0.5) is 0 Å². The van der Waals surface area contributed by atoms with Gasteiger partial charge in [-0.3, -0.25) is 4.79 Å². The fourth-order valence-corrected chi connectivity index (χ4v) is 2.03. The zero-order valence-corrected chi connectivity index (χ0v) is 11.2. The Morgan fingerprint density at radius 2 is 2.38 bits per heavy atom. The normalized spacial score (nSPS) is 11.4. The van der Waals surface area contributed by atoms with Crippen molar-refractivity contribution >= 4 is 28.8 Å². The number of carbonyl (C=O) groups excluding carboxylic acids is 1. The molecule has 1 amide bonds. The molecule has 0 radical (unpaired) electrons. The fraction of sp³-hybridized carbons (Fsp3) is 0.636. The van der Waals surface area contributed by atoms with Crippen LogP contribution in [0.1, 0.15) is 37.2 Å². The number of hydrogen-bond acceptors (Lipinski definition) is 3. The van der Waals surface area contributed by atoms with E-state index in [1.54, 1.807) is 10.9 Å². The molecule has 16 heavy (non-hydrogen) atoms. The lowest BCUT2D eigenvalue weighted by Gasteiger charge is -2.24. The molecule has 0 spiro atoms. The van der Waals surface area contributed by atoms with Gasteiger partial charge in [-0.25, -0.2) is 4.98 Å². The number of halogens is 1. The van der Waals surface area contributed by atoms with Gasteiger partial charge >= 0.3 is 0 Å². The average molecular weight is 261 g/mol. The Morgan fingerprint density at radius 3 is 2.94 bits per heavy atom. The Kier molecular flexibility index (Phi) is 5.22. The van der Waals surface area contributed by atoms with Crippen molar-refractivity contribution in [2.24, 2.45) is 5.41 Å². The molecule has 5 heteroatoms. The number of nitrogens with zero attached hydrogens (tertiary/aromatic N) is 1. The lowest BCUT2D eigenvalue weighted by molar-refractivity contribution is 0.0930. The second-order valence-corrected chi connectivity index (χ2v) is 5.61. The Hall–Kier alpha value is -0.610. The number of alkyl halides is 1. The zero-order chi connectivity index (χ0) is 12.0. The molecule has 1 aromatic rings. The monoisotopic (exact) mass is 260 g/mol. The molecule has 1 N–H and O–H groups in total. The van der Waals surface area contributed by atoms with E-state index >= 15 is 0 Å². The molecule has 1 heterocycles. The predicted octanol–water partition coefficient (Wildman–Crippen LogP) is 2.92. The summed E-state index contributed by atoms with van der Waals surface area (Å²) < 4.78 is 0. The van der Waals surface area contributed by atoms with Gasteiger partial charge in [0.25, 0.3) is 5.91 Å². The minimum absolute atomic E-state index is 0.0839. The van der Waals surface area contributed by atoms with Crippen LogP contribution in [0.25, 0.3) is 0 Å². The number of carbonyl (C=O) groups is 1. The summed E-state index contributed by atoms with van der Waals surface area (Å²) in [4.78, 5) is 15.6. The standard InChI is InChI=1S/C11H17ClN2OS/c1-11(2,4-3-5-12)7-13-10(15)9-6-16-8-14-9/h6,8H,3-5,7H2,1-2H3,(H,13,15). The van der Waals surface area contributed by atoms with Crippen LogP contribution < -0.4 is 5.32 Å². The van der Waals surface area contributed by atoms with Crippen molar-refractivity contribution in [2.45, 2.75) is 26.7 Å². The maximum Gasteiger partial charge on any atom is 0.270 e. The molecule has 0 atom stereocenters. The number of nitrogens with one attached hydrogen (secondary N) is 1. The molecule has 1 rings (SSSR count). The second kappa shape index (κ2) is 6.21. The first-order chi connectivity index (χ1) is 7.55. The Morgan fingerprint density at radius 1 is 1.62 bits per heavy atom. The van der Waals surface area contributed by atoms with Gasteiger partial charge in [0.1, 0.15) is 5.69 Å². The third-order valence-corrected chi connectivity index (χ3v) is 3.23. The van der Waals surface area contributed by atoms with Crippen LogP contribution in [-0.4, -0.2) is 23.3 Å². The van der Waals surface area contributed by atoms with Gasteiger partial charge < -0.3 is 5.32 Å². The lowest BCUT2D eigenvalue weighted by Crippen LogP contribution is -2.34. The Balaban J connectivity index is 2.36. The summed E-state index contributed by atoms with van der Waals surface area (Å²) >= 11 is 7.08. The maximum atomic E-state index is 11.6. The van der Waals surface area contributed by atoms with Gasteiger partial charge in [-0.15, -0.1) is 22.9 Å². The van der Waals surface area contributed by atoms with Crippen molar-refractivity contribution in [2.75, 3.05) is 12.4 Å². The minimum atomic E-state index is -0.0970. The molecule has 0 bridgehead atoms. The molecule has 0 saturated carbocycles. The van der Waals surface area contributed by atoms with Crippen molar-refractivity contribution in [1.82, 2.24) is 10.3 Å². The van der Waals surface area contributed by atoms with E-state index in [1.807, 2.05) is 0 Å². The highest BCUT2D eigenvalue weighted by Crippen LogP contribution is 2.21. The van der Waals surface area contributed by atoms with Crippen molar-refractivity contribution in [3.63, 3.8) is 0 Å². The van der Waals surface area contributed by atoms with Gasteiger partial charge in [0.05, 0.1) is 5.51 Å².